The molecular formula is C7H10O5. The Morgan fingerprint density at radius 1 is 1.50 bits per heavy atom. The highest BCUT2D eigenvalue weighted by atomic mass is 16.7. The van der Waals surface area contributed by atoms with Gasteiger partial charge in [-0.05, 0) is 13.0 Å². The van der Waals surface area contributed by atoms with Gasteiger partial charge >= 0.3 is 12.1 Å². The lowest BCUT2D eigenvalue weighted by Crippen LogP contribution is -2.12. The highest BCUT2D eigenvalue weighted by molar-refractivity contribution is 5.79. The molecule has 0 aromatic heterocycles. The van der Waals surface area contributed by atoms with Crippen LogP contribution in [0, 0.1) is 0 Å². The Morgan fingerprint density at radius 3 is 2.50 bits per heavy atom. The third-order valence-corrected chi connectivity index (χ3v) is 0.959. The number of carboxylic acids is 1. The average Bonchev–Trinajstić information content (AvgIpc) is 2.00. The first-order chi connectivity index (χ1) is 5.56. The Bertz CT molecular complexity index is 196. The van der Waals surface area contributed by atoms with E-state index in [9.17, 15) is 9.59 Å². The molecule has 0 fully saturated rings. The highest BCUT2D eigenvalue weighted by Gasteiger charge is 2.05. The van der Waals surface area contributed by atoms with Gasteiger partial charge in [0.05, 0.1) is 7.11 Å². The Balaban J connectivity index is 3.81. The topological polar surface area (TPSA) is 72.8 Å². The Kier molecular flexibility index (Phi) is 4.52. The Hall–Kier alpha value is -1.52. The van der Waals surface area contributed by atoms with Crippen molar-refractivity contribution < 1.29 is 24.2 Å². The first-order valence-electron chi connectivity index (χ1n) is 3.22. The molecule has 68 valence electrons. The molecule has 0 bridgehead atoms. The third kappa shape index (κ3) is 5.28. The maximum atomic E-state index is 10.4. The zero-order chi connectivity index (χ0) is 9.56. The summed E-state index contributed by atoms with van der Waals surface area (Å²) in [7, 11) is 1.18. The van der Waals surface area contributed by atoms with Crippen LogP contribution >= 0.6 is 0 Å². The smallest absolute Gasteiger partial charge is 0.478 e. The van der Waals surface area contributed by atoms with Crippen molar-refractivity contribution in [2.75, 3.05) is 7.11 Å². The molecule has 0 spiro atoms. The van der Waals surface area contributed by atoms with Crippen LogP contribution in [0.25, 0.3) is 0 Å². The van der Waals surface area contributed by atoms with E-state index in [1.54, 1.807) is 0 Å². The van der Waals surface area contributed by atoms with Gasteiger partial charge in [-0.3, -0.25) is 0 Å². The lowest BCUT2D eigenvalue weighted by molar-refractivity contribution is -0.131. The van der Waals surface area contributed by atoms with Gasteiger partial charge in [0.2, 0.25) is 0 Å². The van der Waals surface area contributed by atoms with Crippen molar-refractivity contribution in [1.29, 1.82) is 0 Å². The van der Waals surface area contributed by atoms with Gasteiger partial charge in [-0.1, -0.05) is 0 Å². The van der Waals surface area contributed by atoms with Gasteiger partial charge in [0.1, 0.15) is 6.10 Å². The number of carbonyl (C=O) groups is 2. The van der Waals surface area contributed by atoms with Crippen molar-refractivity contribution in [2.45, 2.75) is 13.0 Å². The Labute approximate surface area is 69.6 Å². The van der Waals surface area contributed by atoms with Gasteiger partial charge in [0.15, 0.2) is 0 Å². The number of methoxy groups -OCH3 is 1. The van der Waals surface area contributed by atoms with Gasteiger partial charge in [0.25, 0.3) is 0 Å². The molecule has 0 aromatic rings. The second-order valence-corrected chi connectivity index (χ2v) is 1.97. The van der Waals surface area contributed by atoms with E-state index in [-0.39, 0.29) is 0 Å². The molecule has 1 unspecified atom stereocenters. The fraction of sp³-hybridized carbons (Fsp3) is 0.429. The van der Waals surface area contributed by atoms with E-state index in [4.69, 9.17) is 5.11 Å². The fourth-order valence-electron chi connectivity index (χ4n) is 0.457. The van der Waals surface area contributed by atoms with E-state index in [1.807, 2.05) is 0 Å². The minimum Gasteiger partial charge on any atom is -0.478 e. The van der Waals surface area contributed by atoms with E-state index in [0.717, 1.165) is 6.08 Å². The minimum absolute atomic E-state index is 0.603. The van der Waals surface area contributed by atoms with Crippen LogP contribution in [-0.2, 0) is 14.3 Å². The largest absolute Gasteiger partial charge is 0.508 e. The van der Waals surface area contributed by atoms with E-state index in [2.05, 4.69) is 9.47 Å². The molecule has 12 heavy (non-hydrogen) atoms. The molecule has 0 saturated carbocycles. The quantitative estimate of drug-likeness (QED) is 0.506. The summed E-state index contributed by atoms with van der Waals surface area (Å²) in [5, 5.41) is 8.20. The van der Waals surface area contributed by atoms with Crippen LogP contribution in [-0.4, -0.2) is 30.4 Å². The molecule has 0 saturated heterocycles. The van der Waals surface area contributed by atoms with Crippen molar-refractivity contribution in [1.82, 2.24) is 0 Å². The first-order valence-corrected chi connectivity index (χ1v) is 3.22. The number of ether oxygens (including phenoxy) is 2. The number of hydrogen-bond acceptors (Lipinski definition) is 4. The molecular weight excluding hydrogens is 164 g/mol. The minimum atomic E-state index is -1.09. The summed E-state index contributed by atoms with van der Waals surface area (Å²) in [6.07, 6.45) is 0.693. The summed E-state index contributed by atoms with van der Waals surface area (Å²) in [5.74, 6) is -1.09. The molecule has 0 aliphatic rings. The summed E-state index contributed by atoms with van der Waals surface area (Å²) in [6, 6.07) is 0. The number of aliphatic carboxylic acids is 1. The van der Waals surface area contributed by atoms with E-state index in [0.29, 0.717) is 0 Å². The van der Waals surface area contributed by atoms with Crippen LogP contribution in [0.4, 0.5) is 4.79 Å². The predicted octanol–water partition coefficient (Wildman–Crippen LogP) is 0.799. The second kappa shape index (κ2) is 5.17. The predicted molar refractivity (Wildman–Crippen MR) is 39.7 cm³/mol. The normalized spacial score (nSPS) is 12.5. The summed E-state index contributed by atoms with van der Waals surface area (Å²) >= 11 is 0. The van der Waals surface area contributed by atoms with Gasteiger partial charge in [-0.25, -0.2) is 9.59 Å². The maximum Gasteiger partial charge on any atom is 0.508 e. The van der Waals surface area contributed by atoms with Crippen LogP contribution in [0.2, 0.25) is 0 Å². The summed E-state index contributed by atoms with van der Waals surface area (Å²) < 4.78 is 8.72. The van der Waals surface area contributed by atoms with Crippen molar-refractivity contribution in [3.05, 3.63) is 12.2 Å². The molecule has 5 heteroatoms. The van der Waals surface area contributed by atoms with E-state index < -0.39 is 18.2 Å². The van der Waals surface area contributed by atoms with E-state index >= 15 is 0 Å². The first kappa shape index (κ1) is 10.5. The fourth-order valence-corrected chi connectivity index (χ4v) is 0.457. The van der Waals surface area contributed by atoms with Crippen LogP contribution in [0.5, 0.6) is 0 Å². The zero-order valence-electron chi connectivity index (χ0n) is 6.81. The number of carboxylic acid groups (broad SMARTS) is 1. The molecule has 0 aliphatic carbocycles. The maximum absolute atomic E-state index is 10.4. The van der Waals surface area contributed by atoms with Crippen molar-refractivity contribution in [2.24, 2.45) is 0 Å². The van der Waals surface area contributed by atoms with Crippen LogP contribution in [0.3, 0.4) is 0 Å². The highest BCUT2D eigenvalue weighted by Crippen LogP contribution is 1.94. The standard InChI is InChI=1S/C7H10O5/c1-5(3-4-6(8)9)12-7(10)11-2/h3-5H,1-2H3,(H,8,9). The summed E-state index contributed by atoms with van der Waals surface area (Å²) in [6.45, 7) is 1.52. The van der Waals surface area contributed by atoms with Crippen LogP contribution in [0.1, 0.15) is 6.92 Å². The lowest BCUT2D eigenvalue weighted by Gasteiger charge is -2.05. The number of hydrogen-bond donors (Lipinski definition) is 1. The van der Waals surface area contributed by atoms with E-state index in [1.165, 1.54) is 20.1 Å². The van der Waals surface area contributed by atoms with Crippen molar-refractivity contribution in [3.63, 3.8) is 0 Å². The average molecular weight is 174 g/mol. The Morgan fingerprint density at radius 2 is 2.08 bits per heavy atom. The zero-order valence-corrected chi connectivity index (χ0v) is 6.81. The molecule has 1 atom stereocenters. The van der Waals surface area contributed by atoms with Gasteiger partial charge < -0.3 is 14.6 Å². The summed E-state index contributed by atoms with van der Waals surface area (Å²) in [5.41, 5.74) is 0. The lowest BCUT2D eigenvalue weighted by atomic mass is 10.3. The molecule has 5 nitrogen and oxygen atoms in total. The molecule has 0 aromatic carbocycles. The van der Waals surface area contributed by atoms with Gasteiger partial charge in [-0.15, -0.1) is 0 Å². The molecule has 0 rings (SSSR count). The second-order valence-electron chi connectivity index (χ2n) is 1.97. The van der Waals surface area contributed by atoms with Gasteiger partial charge in [-0.2, -0.15) is 0 Å². The van der Waals surface area contributed by atoms with Crippen molar-refractivity contribution >= 4 is 12.1 Å². The third-order valence-electron chi connectivity index (χ3n) is 0.959. The van der Waals surface area contributed by atoms with Crippen LogP contribution < -0.4 is 0 Å². The monoisotopic (exact) mass is 174 g/mol. The van der Waals surface area contributed by atoms with Crippen LogP contribution in [0.15, 0.2) is 12.2 Å². The molecule has 0 heterocycles. The number of rotatable bonds is 3. The van der Waals surface area contributed by atoms with Gasteiger partial charge in [0, 0.05) is 6.08 Å². The van der Waals surface area contributed by atoms with Crippen molar-refractivity contribution in [3.8, 4) is 0 Å². The summed E-state index contributed by atoms with van der Waals surface area (Å²) in [4.78, 5) is 20.4. The molecule has 0 aliphatic heterocycles. The molecule has 0 amide bonds. The SMILES string of the molecule is COC(=O)OC(C)C=CC(=O)O. The molecule has 1 N–H and O–H groups in total. The number of carbonyl (C=O) groups excluding carboxylic acids is 1. The molecule has 0 radical (unpaired) electrons.